The van der Waals surface area contributed by atoms with Gasteiger partial charge in [-0.2, -0.15) is 0 Å². The molecule has 1 heterocycles. The molecular weight excluding hydrogens is 508 g/mol. The summed E-state index contributed by atoms with van der Waals surface area (Å²) in [5.41, 5.74) is 3.78. The average molecular weight is 547 g/mol. The fraction of sp³-hybridized carbons (Fsp3) is 0.545. The molecule has 3 saturated carbocycles. The van der Waals surface area contributed by atoms with E-state index in [2.05, 4.69) is 18.7 Å². The van der Waals surface area contributed by atoms with Crippen LogP contribution in [0.25, 0.3) is 0 Å². The SMILES string of the molecule is Cc1cc(Cl)cc(C2=NC3(CCC(C4(C)CC4)CC3)N(C(CCC3(C)CC3)c3ccc(C(=O)O)cc3)C2=O)c1. The van der Waals surface area contributed by atoms with E-state index in [0.717, 1.165) is 55.2 Å². The first-order valence-corrected chi connectivity index (χ1v) is 14.9. The maximum atomic E-state index is 14.5. The van der Waals surface area contributed by atoms with Crippen LogP contribution in [0.3, 0.4) is 0 Å². The fourth-order valence-electron chi connectivity index (χ4n) is 7.08. The van der Waals surface area contributed by atoms with E-state index in [0.29, 0.717) is 27.5 Å². The van der Waals surface area contributed by atoms with Crippen molar-refractivity contribution >= 4 is 29.2 Å². The molecule has 1 unspecified atom stereocenters. The summed E-state index contributed by atoms with van der Waals surface area (Å²) in [7, 11) is 0. The van der Waals surface area contributed by atoms with Crippen LogP contribution >= 0.6 is 11.6 Å². The number of aliphatic imine (C=N–C) groups is 1. The number of carboxylic acids is 1. The minimum atomic E-state index is -0.939. The van der Waals surface area contributed by atoms with Gasteiger partial charge < -0.3 is 10.0 Å². The standard InChI is InChI=1S/C33H39ClN2O3/c1-21-18-24(20-26(34)19-21)28-29(37)36(33(35-28)12-8-25(9-13-33)32(3)16-17-32)27(10-11-31(2)14-15-31)22-4-6-23(7-5-22)30(38)39/h4-7,18-20,25,27H,8-17H2,1-3H3,(H,38,39). The molecule has 6 rings (SSSR count). The molecule has 206 valence electrons. The van der Waals surface area contributed by atoms with Gasteiger partial charge in [0.25, 0.3) is 5.91 Å². The molecule has 1 atom stereocenters. The number of halogens is 1. The van der Waals surface area contributed by atoms with Crippen LogP contribution in [0, 0.1) is 23.7 Å². The maximum absolute atomic E-state index is 14.5. The summed E-state index contributed by atoms with van der Waals surface area (Å²) in [6, 6.07) is 12.8. The number of carbonyl (C=O) groups excluding carboxylic acids is 1. The second-order valence-electron chi connectivity index (χ2n) is 13.4. The van der Waals surface area contributed by atoms with E-state index in [-0.39, 0.29) is 17.5 Å². The second-order valence-corrected chi connectivity index (χ2v) is 13.8. The fourth-order valence-corrected chi connectivity index (χ4v) is 7.37. The van der Waals surface area contributed by atoms with Crippen LogP contribution in [0.1, 0.15) is 111 Å². The van der Waals surface area contributed by atoms with Gasteiger partial charge in [-0.1, -0.05) is 37.6 Å². The topological polar surface area (TPSA) is 70.0 Å². The summed E-state index contributed by atoms with van der Waals surface area (Å²) < 4.78 is 0. The lowest BCUT2D eigenvalue weighted by molar-refractivity contribution is -0.133. The van der Waals surface area contributed by atoms with Crippen molar-refractivity contribution in [3.05, 3.63) is 69.7 Å². The Kier molecular flexibility index (Phi) is 6.45. The molecule has 1 aliphatic heterocycles. The van der Waals surface area contributed by atoms with Crippen molar-refractivity contribution < 1.29 is 14.7 Å². The van der Waals surface area contributed by atoms with Gasteiger partial charge in [0, 0.05) is 10.6 Å². The van der Waals surface area contributed by atoms with Gasteiger partial charge in [0.15, 0.2) is 0 Å². The van der Waals surface area contributed by atoms with Gasteiger partial charge in [-0.15, -0.1) is 0 Å². The number of carboxylic acid groups (broad SMARTS) is 1. The first kappa shape index (κ1) is 26.6. The lowest BCUT2D eigenvalue weighted by Crippen LogP contribution is -2.51. The van der Waals surface area contributed by atoms with E-state index in [1.54, 1.807) is 12.1 Å². The predicted molar refractivity (Wildman–Crippen MR) is 154 cm³/mol. The highest BCUT2D eigenvalue weighted by Gasteiger charge is 2.55. The molecule has 0 saturated heterocycles. The number of aryl methyl sites for hydroxylation is 1. The lowest BCUT2D eigenvalue weighted by atomic mass is 9.73. The van der Waals surface area contributed by atoms with Crippen molar-refractivity contribution in [3.8, 4) is 0 Å². The van der Waals surface area contributed by atoms with E-state index in [1.807, 2.05) is 37.3 Å². The third kappa shape index (κ3) is 5.03. The van der Waals surface area contributed by atoms with Crippen molar-refractivity contribution in [2.75, 3.05) is 0 Å². The Morgan fingerprint density at radius 1 is 1.05 bits per heavy atom. The molecule has 1 N–H and O–H groups in total. The number of amides is 1. The van der Waals surface area contributed by atoms with Gasteiger partial charge in [0.1, 0.15) is 11.4 Å². The van der Waals surface area contributed by atoms with Gasteiger partial charge in [-0.25, -0.2) is 4.79 Å². The zero-order valence-electron chi connectivity index (χ0n) is 23.3. The van der Waals surface area contributed by atoms with E-state index >= 15 is 0 Å². The quantitative estimate of drug-likeness (QED) is 0.365. The molecule has 3 aliphatic carbocycles. The van der Waals surface area contributed by atoms with E-state index in [1.165, 1.54) is 25.7 Å². The minimum absolute atomic E-state index is 0.0268. The molecule has 2 aromatic rings. The van der Waals surface area contributed by atoms with Gasteiger partial charge in [-0.05, 0) is 129 Å². The van der Waals surface area contributed by atoms with Crippen molar-refractivity contribution in [1.29, 1.82) is 0 Å². The lowest BCUT2D eigenvalue weighted by Gasteiger charge is -2.46. The summed E-state index contributed by atoms with van der Waals surface area (Å²) in [6.45, 7) is 6.74. The molecule has 1 spiro atoms. The second kappa shape index (κ2) is 9.47. The molecule has 0 aromatic heterocycles. The minimum Gasteiger partial charge on any atom is -0.478 e. The Labute approximate surface area is 236 Å². The summed E-state index contributed by atoms with van der Waals surface area (Å²) in [6.07, 6.45) is 10.8. The monoisotopic (exact) mass is 546 g/mol. The number of nitrogens with zero attached hydrogens (tertiary/aromatic N) is 2. The van der Waals surface area contributed by atoms with Crippen molar-refractivity contribution in [3.63, 3.8) is 0 Å². The van der Waals surface area contributed by atoms with Gasteiger partial charge in [-0.3, -0.25) is 9.79 Å². The number of rotatable bonds is 8. The van der Waals surface area contributed by atoms with Crippen LogP contribution in [0.2, 0.25) is 5.02 Å². The first-order valence-electron chi connectivity index (χ1n) is 14.6. The van der Waals surface area contributed by atoms with Gasteiger partial charge in [0.05, 0.1) is 11.6 Å². The number of carbonyl (C=O) groups is 2. The van der Waals surface area contributed by atoms with Gasteiger partial charge in [0.2, 0.25) is 0 Å². The van der Waals surface area contributed by atoms with Crippen LogP contribution in [0.15, 0.2) is 47.5 Å². The smallest absolute Gasteiger partial charge is 0.335 e. The van der Waals surface area contributed by atoms with Crippen molar-refractivity contribution in [1.82, 2.24) is 4.90 Å². The van der Waals surface area contributed by atoms with Crippen LogP contribution in [-0.4, -0.2) is 33.3 Å². The number of hydrogen-bond acceptors (Lipinski definition) is 3. The van der Waals surface area contributed by atoms with Gasteiger partial charge >= 0.3 is 5.97 Å². The molecule has 6 heteroatoms. The Balaban J connectivity index is 1.41. The van der Waals surface area contributed by atoms with Crippen molar-refractivity contribution in [2.24, 2.45) is 21.7 Å². The highest BCUT2D eigenvalue weighted by Crippen LogP contribution is 2.59. The third-order valence-corrected chi connectivity index (χ3v) is 10.5. The van der Waals surface area contributed by atoms with E-state index < -0.39 is 11.6 Å². The summed E-state index contributed by atoms with van der Waals surface area (Å²) in [4.78, 5) is 33.5. The summed E-state index contributed by atoms with van der Waals surface area (Å²) >= 11 is 6.44. The summed E-state index contributed by atoms with van der Waals surface area (Å²) in [5, 5.41) is 10.1. The highest BCUT2D eigenvalue weighted by molar-refractivity contribution is 6.47. The molecule has 0 bridgehead atoms. The molecule has 1 amide bonds. The first-order chi connectivity index (χ1) is 18.5. The average Bonchev–Trinajstić information content (AvgIpc) is 3.81. The van der Waals surface area contributed by atoms with E-state index in [9.17, 15) is 14.7 Å². The molecular formula is C33H39ClN2O3. The van der Waals surface area contributed by atoms with E-state index in [4.69, 9.17) is 16.6 Å². The number of benzene rings is 2. The van der Waals surface area contributed by atoms with Crippen LogP contribution in [0.4, 0.5) is 0 Å². The summed E-state index contributed by atoms with van der Waals surface area (Å²) in [5.74, 6) is -0.279. The zero-order valence-corrected chi connectivity index (χ0v) is 24.1. The molecule has 5 nitrogen and oxygen atoms in total. The Morgan fingerprint density at radius 3 is 2.28 bits per heavy atom. The molecule has 39 heavy (non-hydrogen) atoms. The largest absolute Gasteiger partial charge is 0.478 e. The maximum Gasteiger partial charge on any atom is 0.335 e. The molecule has 2 aromatic carbocycles. The van der Waals surface area contributed by atoms with Crippen LogP contribution in [-0.2, 0) is 4.79 Å². The Bertz CT molecular complexity index is 1310. The zero-order chi connectivity index (χ0) is 27.6. The van der Waals surface area contributed by atoms with Crippen LogP contribution in [0.5, 0.6) is 0 Å². The van der Waals surface area contributed by atoms with Crippen molar-refractivity contribution in [2.45, 2.75) is 96.7 Å². The predicted octanol–water partition coefficient (Wildman–Crippen LogP) is 7.99. The Morgan fingerprint density at radius 2 is 1.72 bits per heavy atom. The normalized spacial score (nSPS) is 27.4. The Hall–Kier alpha value is -2.66. The number of hydrogen-bond donors (Lipinski definition) is 1. The molecule has 0 radical (unpaired) electrons. The number of aromatic carboxylic acids is 1. The third-order valence-electron chi connectivity index (χ3n) is 10.3. The molecule has 3 fully saturated rings. The highest BCUT2D eigenvalue weighted by atomic mass is 35.5. The molecule has 4 aliphatic rings. The van der Waals surface area contributed by atoms with Crippen LogP contribution < -0.4 is 0 Å².